The smallest absolute Gasteiger partial charge is 0.274 e. The van der Waals surface area contributed by atoms with Crippen molar-refractivity contribution in [3.05, 3.63) is 57.8 Å². The average molecular weight is 247 g/mol. The van der Waals surface area contributed by atoms with E-state index in [4.69, 9.17) is 5.21 Å². The van der Waals surface area contributed by atoms with Crippen LogP contribution in [0.15, 0.2) is 41.8 Å². The first kappa shape index (κ1) is 11.8. The maximum atomic E-state index is 11.1. The third-order valence-corrected chi connectivity index (χ3v) is 3.49. The van der Waals surface area contributed by atoms with E-state index >= 15 is 0 Å². The molecular formula is C13H13NO2S. The number of thiophene rings is 1. The Kier molecular flexibility index (Phi) is 3.90. The van der Waals surface area contributed by atoms with Gasteiger partial charge >= 0.3 is 0 Å². The van der Waals surface area contributed by atoms with Gasteiger partial charge in [-0.2, -0.15) is 0 Å². The molecule has 2 aromatic rings. The molecule has 2 N–H and O–H groups in total. The molecule has 0 saturated carbocycles. The van der Waals surface area contributed by atoms with Gasteiger partial charge in [0.15, 0.2) is 0 Å². The van der Waals surface area contributed by atoms with E-state index in [1.165, 1.54) is 10.4 Å². The number of nitrogens with one attached hydrogen (secondary N) is 1. The minimum absolute atomic E-state index is 0.465. The number of carbonyl (C=O) groups excluding carboxylic acids is 1. The fraction of sp³-hybridized carbons (Fsp3) is 0.154. The zero-order chi connectivity index (χ0) is 12.1. The quantitative estimate of drug-likeness (QED) is 0.644. The normalized spacial score (nSPS) is 10.2. The van der Waals surface area contributed by atoms with Gasteiger partial charge in [0.2, 0.25) is 0 Å². The molecule has 0 aliphatic rings. The van der Waals surface area contributed by atoms with Crippen molar-refractivity contribution in [2.75, 3.05) is 0 Å². The van der Waals surface area contributed by atoms with Crippen LogP contribution in [0.4, 0.5) is 0 Å². The molecule has 0 aliphatic heterocycles. The summed E-state index contributed by atoms with van der Waals surface area (Å²) in [6.07, 6.45) is 1.98. The van der Waals surface area contributed by atoms with Gasteiger partial charge in [0.1, 0.15) is 0 Å². The summed E-state index contributed by atoms with van der Waals surface area (Å²) in [4.78, 5) is 12.5. The highest BCUT2D eigenvalue weighted by Crippen LogP contribution is 2.13. The molecule has 0 spiro atoms. The zero-order valence-electron chi connectivity index (χ0n) is 9.22. The average Bonchev–Trinajstić information content (AvgIpc) is 2.89. The highest BCUT2D eigenvalue weighted by Gasteiger charge is 2.03. The lowest BCUT2D eigenvalue weighted by Gasteiger charge is -2.02. The first-order valence-corrected chi connectivity index (χ1v) is 6.23. The Hall–Kier alpha value is -1.65. The minimum Gasteiger partial charge on any atom is -0.288 e. The Balaban J connectivity index is 1.96. The predicted octanol–water partition coefficient (Wildman–Crippen LogP) is 2.65. The first-order chi connectivity index (χ1) is 8.29. The number of hydroxylamine groups is 1. The van der Waals surface area contributed by atoms with Crippen molar-refractivity contribution in [1.82, 2.24) is 5.48 Å². The number of aryl methyl sites for hydroxylation is 2. The molecule has 1 heterocycles. The largest absolute Gasteiger partial charge is 0.288 e. The van der Waals surface area contributed by atoms with Gasteiger partial charge in [-0.25, -0.2) is 5.48 Å². The summed E-state index contributed by atoms with van der Waals surface area (Å²) in [5.74, 6) is -0.477. The van der Waals surface area contributed by atoms with Crippen LogP contribution >= 0.6 is 11.3 Å². The summed E-state index contributed by atoms with van der Waals surface area (Å²) in [6, 6.07) is 11.4. The summed E-state index contributed by atoms with van der Waals surface area (Å²) < 4.78 is 0. The Morgan fingerprint density at radius 2 is 1.94 bits per heavy atom. The predicted molar refractivity (Wildman–Crippen MR) is 67.4 cm³/mol. The third kappa shape index (κ3) is 3.15. The molecule has 1 amide bonds. The fourth-order valence-corrected chi connectivity index (χ4v) is 2.32. The fourth-order valence-electron chi connectivity index (χ4n) is 1.61. The van der Waals surface area contributed by atoms with E-state index in [2.05, 4.69) is 17.5 Å². The summed E-state index contributed by atoms with van der Waals surface area (Å²) in [6.45, 7) is 0. The SMILES string of the molecule is O=C(NO)c1ccc(CCc2cccs2)cc1. The second kappa shape index (κ2) is 5.61. The number of hydrogen-bond acceptors (Lipinski definition) is 3. The molecule has 0 radical (unpaired) electrons. The van der Waals surface area contributed by atoms with E-state index in [0.29, 0.717) is 5.56 Å². The van der Waals surface area contributed by atoms with Crippen LogP contribution in [0.1, 0.15) is 20.8 Å². The van der Waals surface area contributed by atoms with E-state index in [-0.39, 0.29) is 0 Å². The van der Waals surface area contributed by atoms with Gasteiger partial charge in [0.25, 0.3) is 5.91 Å². The van der Waals surface area contributed by atoms with Crippen molar-refractivity contribution in [2.24, 2.45) is 0 Å². The first-order valence-electron chi connectivity index (χ1n) is 5.35. The molecule has 3 nitrogen and oxygen atoms in total. The number of rotatable bonds is 4. The minimum atomic E-state index is -0.477. The number of hydrogen-bond donors (Lipinski definition) is 2. The van der Waals surface area contributed by atoms with Crippen molar-refractivity contribution in [1.29, 1.82) is 0 Å². The monoisotopic (exact) mass is 247 g/mol. The van der Waals surface area contributed by atoms with Crippen LogP contribution in [0.2, 0.25) is 0 Å². The standard InChI is InChI=1S/C13H13NO2S/c15-13(14-16)11-6-3-10(4-7-11)5-8-12-2-1-9-17-12/h1-4,6-7,9,16H,5,8H2,(H,14,15). The lowest BCUT2D eigenvalue weighted by Crippen LogP contribution is -2.18. The summed E-state index contributed by atoms with van der Waals surface area (Å²) in [5.41, 5.74) is 3.27. The molecule has 1 aromatic heterocycles. The Morgan fingerprint density at radius 1 is 1.18 bits per heavy atom. The van der Waals surface area contributed by atoms with Crippen LogP contribution in [-0.4, -0.2) is 11.1 Å². The van der Waals surface area contributed by atoms with Gasteiger partial charge in [-0.05, 0) is 42.0 Å². The Labute approximate surface area is 104 Å². The van der Waals surface area contributed by atoms with Crippen molar-refractivity contribution in [2.45, 2.75) is 12.8 Å². The number of benzene rings is 1. The summed E-state index contributed by atoms with van der Waals surface area (Å²) >= 11 is 1.76. The molecule has 0 fully saturated rings. The maximum Gasteiger partial charge on any atom is 0.274 e. The molecule has 1 aromatic carbocycles. The molecule has 0 atom stereocenters. The molecule has 88 valence electrons. The van der Waals surface area contributed by atoms with Crippen molar-refractivity contribution < 1.29 is 10.0 Å². The maximum absolute atomic E-state index is 11.1. The highest BCUT2D eigenvalue weighted by atomic mass is 32.1. The van der Waals surface area contributed by atoms with Crippen molar-refractivity contribution in [3.8, 4) is 0 Å². The Morgan fingerprint density at radius 3 is 2.53 bits per heavy atom. The van der Waals surface area contributed by atoms with Gasteiger partial charge in [-0.3, -0.25) is 10.0 Å². The number of carbonyl (C=O) groups is 1. The van der Waals surface area contributed by atoms with Crippen LogP contribution < -0.4 is 5.48 Å². The summed E-state index contributed by atoms with van der Waals surface area (Å²) in [5, 5.41) is 10.6. The highest BCUT2D eigenvalue weighted by molar-refractivity contribution is 7.09. The molecule has 0 bridgehead atoms. The molecule has 0 aliphatic carbocycles. The molecule has 17 heavy (non-hydrogen) atoms. The lowest BCUT2D eigenvalue weighted by molar-refractivity contribution is 0.0706. The van der Waals surface area contributed by atoms with E-state index < -0.39 is 5.91 Å². The molecule has 4 heteroatoms. The van der Waals surface area contributed by atoms with E-state index in [1.54, 1.807) is 28.9 Å². The van der Waals surface area contributed by atoms with Crippen molar-refractivity contribution in [3.63, 3.8) is 0 Å². The molecular weight excluding hydrogens is 234 g/mol. The van der Waals surface area contributed by atoms with Crippen molar-refractivity contribution >= 4 is 17.2 Å². The van der Waals surface area contributed by atoms with Gasteiger partial charge < -0.3 is 0 Å². The lowest BCUT2D eigenvalue weighted by atomic mass is 10.1. The number of amides is 1. The van der Waals surface area contributed by atoms with E-state index in [1.807, 2.05) is 12.1 Å². The van der Waals surface area contributed by atoms with E-state index in [0.717, 1.165) is 12.8 Å². The van der Waals surface area contributed by atoms with Crippen LogP contribution in [-0.2, 0) is 12.8 Å². The van der Waals surface area contributed by atoms with Crippen LogP contribution in [0.25, 0.3) is 0 Å². The summed E-state index contributed by atoms with van der Waals surface area (Å²) in [7, 11) is 0. The zero-order valence-corrected chi connectivity index (χ0v) is 10.0. The Bertz CT molecular complexity index is 477. The van der Waals surface area contributed by atoms with Gasteiger partial charge in [-0.15, -0.1) is 11.3 Å². The third-order valence-electron chi connectivity index (χ3n) is 2.56. The van der Waals surface area contributed by atoms with Crippen LogP contribution in [0, 0.1) is 0 Å². The van der Waals surface area contributed by atoms with Crippen LogP contribution in [0.3, 0.4) is 0 Å². The van der Waals surface area contributed by atoms with E-state index in [9.17, 15) is 4.79 Å². The second-order valence-corrected chi connectivity index (χ2v) is 4.75. The topological polar surface area (TPSA) is 49.3 Å². The molecule has 2 rings (SSSR count). The second-order valence-electron chi connectivity index (χ2n) is 3.72. The van der Waals surface area contributed by atoms with Gasteiger partial charge in [0.05, 0.1) is 0 Å². The van der Waals surface area contributed by atoms with Gasteiger partial charge in [0, 0.05) is 10.4 Å². The molecule has 0 unspecified atom stereocenters. The molecule has 0 saturated heterocycles. The van der Waals surface area contributed by atoms with Crippen LogP contribution in [0.5, 0.6) is 0 Å². The van der Waals surface area contributed by atoms with Gasteiger partial charge in [-0.1, -0.05) is 18.2 Å².